The number of carbonyl (C=O) groups is 2. The summed E-state index contributed by atoms with van der Waals surface area (Å²) < 4.78 is 5.41. The average molecular weight is 283 g/mol. The van der Waals surface area contributed by atoms with Gasteiger partial charge in [-0.05, 0) is 52.4 Å². The maximum absolute atomic E-state index is 12.4. The summed E-state index contributed by atoms with van der Waals surface area (Å²) in [7, 11) is 0. The highest BCUT2D eigenvalue weighted by Gasteiger charge is 2.56. The van der Waals surface area contributed by atoms with Gasteiger partial charge in [0.15, 0.2) is 0 Å². The second-order valence-corrected chi connectivity index (χ2v) is 6.95. The van der Waals surface area contributed by atoms with Crippen molar-refractivity contribution in [2.24, 2.45) is 5.92 Å². The normalized spacial score (nSPS) is 27.9. The third-order valence-electron chi connectivity index (χ3n) is 4.44. The van der Waals surface area contributed by atoms with Gasteiger partial charge in [0.05, 0.1) is 0 Å². The predicted octanol–water partition coefficient (Wildman–Crippen LogP) is 3.03. The number of carboxylic acid groups (broad SMARTS) is 1. The van der Waals surface area contributed by atoms with E-state index in [4.69, 9.17) is 4.74 Å². The number of carbonyl (C=O) groups excluding carboxylic acids is 1. The van der Waals surface area contributed by atoms with E-state index in [0.717, 1.165) is 32.1 Å². The minimum Gasteiger partial charge on any atom is -0.479 e. The zero-order valence-electron chi connectivity index (χ0n) is 12.6. The highest BCUT2D eigenvalue weighted by Crippen LogP contribution is 2.44. The Morgan fingerprint density at radius 1 is 1.20 bits per heavy atom. The lowest BCUT2D eigenvalue weighted by molar-refractivity contribution is -0.153. The number of carboxylic acids is 1. The van der Waals surface area contributed by atoms with Crippen LogP contribution >= 0.6 is 0 Å². The number of rotatable bonds is 2. The Balaban J connectivity index is 2.25. The molecule has 114 valence electrons. The van der Waals surface area contributed by atoms with Gasteiger partial charge in [0, 0.05) is 6.54 Å². The van der Waals surface area contributed by atoms with Crippen LogP contribution in [0, 0.1) is 5.92 Å². The molecular weight excluding hydrogens is 258 g/mol. The lowest BCUT2D eigenvalue weighted by atomic mass is 9.80. The van der Waals surface area contributed by atoms with Crippen molar-refractivity contribution in [2.45, 2.75) is 70.4 Å². The Morgan fingerprint density at radius 3 is 2.30 bits per heavy atom. The van der Waals surface area contributed by atoms with E-state index in [1.165, 1.54) is 4.90 Å². The molecule has 2 fully saturated rings. The number of ether oxygens (including phenoxy) is 1. The van der Waals surface area contributed by atoms with Gasteiger partial charge in [0.2, 0.25) is 0 Å². The van der Waals surface area contributed by atoms with Gasteiger partial charge in [-0.3, -0.25) is 4.90 Å². The summed E-state index contributed by atoms with van der Waals surface area (Å²) >= 11 is 0. The van der Waals surface area contributed by atoms with Crippen molar-refractivity contribution in [3.8, 4) is 0 Å². The maximum Gasteiger partial charge on any atom is 0.411 e. The average Bonchev–Trinajstić information content (AvgIpc) is 2.96. The summed E-state index contributed by atoms with van der Waals surface area (Å²) in [5.41, 5.74) is -1.64. The summed E-state index contributed by atoms with van der Waals surface area (Å²) in [6.07, 6.45) is 4.71. The quantitative estimate of drug-likeness (QED) is 0.846. The third-order valence-corrected chi connectivity index (χ3v) is 4.44. The van der Waals surface area contributed by atoms with Gasteiger partial charge in [-0.15, -0.1) is 0 Å². The van der Waals surface area contributed by atoms with E-state index >= 15 is 0 Å². The molecule has 1 saturated heterocycles. The van der Waals surface area contributed by atoms with Crippen LogP contribution in [0.15, 0.2) is 0 Å². The van der Waals surface area contributed by atoms with Gasteiger partial charge in [-0.2, -0.15) is 0 Å². The first-order valence-electron chi connectivity index (χ1n) is 7.51. The number of aliphatic carboxylic acids is 1. The SMILES string of the molecule is CC(C)(C)OC(=O)N1CCC[C@]1(C(=O)O)C1CCCC1. The van der Waals surface area contributed by atoms with Crippen molar-refractivity contribution in [1.82, 2.24) is 4.90 Å². The van der Waals surface area contributed by atoms with Crippen molar-refractivity contribution in [2.75, 3.05) is 6.54 Å². The van der Waals surface area contributed by atoms with Crippen molar-refractivity contribution in [3.05, 3.63) is 0 Å². The Bertz CT molecular complexity index is 395. The van der Waals surface area contributed by atoms with Crippen LogP contribution in [-0.2, 0) is 9.53 Å². The molecule has 1 amide bonds. The molecule has 0 aromatic carbocycles. The summed E-state index contributed by atoms with van der Waals surface area (Å²) in [6, 6.07) is 0. The summed E-state index contributed by atoms with van der Waals surface area (Å²) in [5.74, 6) is -0.803. The molecule has 0 unspecified atom stereocenters. The molecule has 0 aromatic heterocycles. The largest absolute Gasteiger partial charge is 0.479 e. The Labute approximate surface area is 120 Å². The molecule has 5 heteroatoms. The molecule has 20 heavy (non-hydrogen) atoms. The number of amides is 1. The van der Waals surface area contributed by atoms with Crippen LogP contribution in [-0.4, -0.2) is 39.8 Å². The maximum atomic E-state index is 12.4. The molecule has 0 aromatic rings. The monoisotopic (exact) mass is 283 g/mol. The molecule has 1 N–H and O–H groups in total. The summed E-state index contributed by atoms with van der Waals surface area (Å²) in [5, 5.41) is 9.79. The van der Waals surface area contributed by atoms with E-state index in [2.05, 4.69) is 0 Å². The van der Waals surface area contributed by atoms with Crippen LogP contribution in [0.4, 0.5) is 4.79 Å². The van der Waals surface area contributed by atoms with Crippen LogP contribution in [0.5, 0.6) is 0 Å². The molecule has 0 radical (unpaired) electrons. The fourth-order valence-corrected chi connectivity index (χ4v) is 3.64. The van der Waals surface area contributed by atoms with E-state index in [9.17, 15) is 14.7 Å². The standard InChI is InChI=1S/C15H25NO4/c1-14(2,3)20-13(19)16-10-6-9-15(16,12(17)18)11-7-4-5-8-11/h11H,4-10H2,1-3H3,(H,17,18)/t15-/m1/s1. The van der Waals surface area contributed by atoms with Gasteiger partial charge < -0.3 is 9.84 Å². The molecule has 1 saturated carbocycles. The van der Waals surface area contributed by atoms with Crippen molar-refractivity contribution >= 4 is 12.1 Å². The summed E-state index contributed by atoms with van der Waals surface area (Å²) in [4.78, 5) is 25.8. The molecule has 0 bridgehead atoms. The molecule has 1 aliphatic heterocycles. The van der Waals surface area contributed by atoms with Crippen LogP contribution in [0.25, 0.3) is 0 Å². The van der Waals surface area contributed by atoms with E-state index in [0.29, 0.717) is 13.0 Å². The lowest BCUT2D eigenvalue weighted by Crippen LogP contribution is -2.58. The van der Waals surface area contributed by atoms with Crippen LogP contribution in [0.3, 0.4) is 0 Å². The lowest BCUT2D eigenvalue weighted by Gasteiger charge is -2.39. The molecule has 5 nitrogen and oxygen atoms in total. The number of hydrogen-bond donors (Lipinski definition) is 1. The van der Waals surface area contributed by atoms with E-state index in [1.807, 2.05) is 0 Å². The zero-order valence-corrected chi connectivity index (χ0v) is 12.6. The summed E-state index contributed by atoms with van der Waals surface area (Å²) in [6.45, 7) is 5.90. The van der Waals surface area contributed by atoms with Gasteiger partial charge >= 0.3 is 12.1 Å². The van der Waals surface area contributed by atoms with Crippen LogP contribution in [0.2, 0.25) is 0 Å². The molecule has 0 spiro atoms. The topological polar surface area (TPSA) is 66.8 Å². The van der Waals surface area contributed by atoms with Gasteiger partial charge in [-0.1, -0.05) is 12.8 Å². The molecule has 1 aliphatic carbocycles. The number of hydrogen-bond acceptors (Lipinski definition) is 3. The minimum atomic E-state index is -1.04. The number of nitrogens with zero attached hydrogens (tertiary/aromatic N) is 1. The van der Waals surface area contributed by atoms with Gasteiger partial charge in [0.25, 0.3) is 0 Å². The minimum absolute atomic E-state index is 0.0648. The van der Waals surface area contributed by atoms with Crippen molar-refractivity contribution in [3.63, 3.8) is 0 Å². The predicted molar refractivity (Wildman–Crippen MR) is 74.5 cm³/mol. The van der Waals surface area contributed by atoms with Crippen LogP contribution in [0.1, 0.15) is 59.3 Å². The first-order valence-corrected chi connectivity index (χ1v) is 7.51. The van der Waals surface area contributed by atoms with Crippen molar-refractivity contribution < 1.29 is 19.4 Å². The fraction of sp³-hybridized carbons (Fsp3) is 0.867. The van der Waals surface area contributed by atoms with Gasteiger partial charge in [0.1, 0.15) is 11.1 Å². The fourth-order valence-electron chi connectivity index (χ4n) is 3.64. The second kappa shape index (κ2) is 5.26. The van der Waals surface area contributed by atoms with E-state index in [1.54, 1.807) is 20.8 Å². The molecule has 1 heterocycles. The molecule has 1 atom stereocenters. The van der Waals surface area contributed by atoms with Crippen molar-refractivity contribution in [1.29, 1.82) is 0 Å². The third kappa shape index (κ3) is 2.63. The Hall–Kier alpha value is -1.26. The van der Waals surface area contributed by atoms with E-state index in [-0.39, 0.29) is 5.92 Å². The first kappa shape index (κ1) is 15.1. The first-order chi connectivity index (χ1) is 9.27. The van der Waals surface area contributed by atoms with Gasteiger partial charge in [-0.25, -0.2) is 9.59 Å². The molecule has 2 rings (SSSR count). The highest BCUT2D eigenvalue weighted by molar-refractivity contribution is 5.85. The number of likely N-dealkylation sites (tertiary alicyclic amines) is 1. The second-order valence-electron chi connectivity index (χ2n) is 6.95. The van der Waals surface area contributed by atoms with Crippen LogP contribution < -0.4 is 0 Å². The highest BCUT2D eigenvalue weighted by atomic mass is 16.6. The zero-order chi connectivity index (χ0) is 15.0. The Kier molecular flexibility index (Phi) is 3.98. The Morgan fingerprint density at radius 2 is 1.80 bits per heavy atom. The molecular formula is C15H25NO4. The van der Waals surface area contributed by atoms with E-state index < -0.39 is 23.2 Å². The smallest absolute Gasteiger partial charge is 0.411 e. The molecule has 2 aliphatic rings.